The molecule has 3 rings (SSSR count). The Morgan fingerprint density at radius 1 is 1.06 bits per heavy atom. The quantitative estimate of drug-likeness (QED) is 0.344. The first kappa shape index (κ1) is 26.3. The molecule has 4 N–H and O–H groups in total. The SMILES string of the molecule is C=Cc1ccc(-c2ccccc2)cc1C(=O)NC(CO)C(=O)NC(CC(C)C)C(=O)C1(CO)CO1. The smallest absolute Gasteiger partial charge is 0.252 e. The van der Waals surface area contributed by atoms with Gasteiger partial charge < -0.3 is 25.6 Å². The van der Waals surface area contributed by atoms with Crippen molar-refractivity contribution in [3.8, 4) is 11.1 Å². The van der Waals surface area contributed by atoms with Crippen LogP contribution >= 0.6 is 0 Å². The second-order valence-electron chi connectivity index (χ2n) is 9.08. The number of hydrogen-bond donors (Lipinski definition) is 4. The van der Waals surface area contributed by atoms with E-state index >= 15 is 0 Å². The Hall–Kier alpha value is -3.33. The van der Waals surface area contributed by atoms with Crippen molar-refractivity contribution in [2.24, 2.45) is 5.92 Å². The van der Waals surface area contributed by atoms with Gasteiger partial charge in [0.25, 0.3) is 5.91 Å². The van der Waals surface area contributed by atoms with Crippen LogP contribution in [-0.4, -0.2) is 65.3 Å². The first-order valence-electron chi connectivity index (χ1n) is 11.6. The van der Waals surface area contributed by atoms with Gasteiger partial charge in [-0.05, 0) is 35.1 Å². The van der Waals surface area contributed by atoms with Crippen molar-refractivity contribution in [2.75, 3.05) is 19.8 Å². The molecule has 1 fully saturated rings. The van der Waals surface area contributed by atoms with Gasteiger partial charge in [0.1, 0.15) is 6.04 Å². The Kier molecular flexibility index (Phi) is 8.56. The Bertz CT molecular complexity index is 1080. The molecular formula is C27H32N2O6. The minimum atomic E-state index is -1.29. The second-order valence-corrected chi connectivity index (χ2v) is 9.08. The van der Waals surface area contributed by atoms with Crippen LogP contribution in [0, 0.1) is 5.92 Å². The lowest BCUT2D eigenvalue weighted by atomic mass is 9.92. The van der Waals surface area contributed by atoms with E-state index in [1.165, 1.54) is 0 Å². The fourth-order valence-corrected chi connectivity index (χ4v) is 3.86. The molecule has 1 aliphatic rings. The van der Waals surface area contributed by atoms with Crippen molar-refractivity contribution in [1.82, 2.24) is 10.6 Å². The minimum Gasteiger partial charge on any atom is -0.394 e. The number of ether oxygens (including phenoxy) is 1. The summed E-state index contributed by atoms with van der Waals surface area (Å²) in [6, 6.07) is 12.7. The van der Waals surface area contributed by atoms with Crippen LogP contribution in [0.1, 0.15) is 36.2 Å². The van der Waals surface area contributed by atoms with E-state index in [2.05, 4.69) is 17.2 Å². The summed E-state index contributed by atoms with van der Waals surface area (Å²) in [7, 11) is 0. The average molecular weight is 481 g/mol. The topological polar surface area (TPSA) is 128 Å². The summed E-state index contributed by atoms with van der Waals surface area (Å²) in [5.74, 6) is -1.62. The predicted molar refractivity (Wildman–Crippen MR) is 132 cm³/mol. The van der Waals surface area contributed by atoms with Crippen LogP contribution in [0.5, 0.6) is 0 Å². The summed E-state index contributed by atoms with van der Waals surface area (Å²) in [4.78, 5) is 39.0. The number of hydrogen-bond acceptors (Lipinski definition) is 6. The van der Waals surface area contributed by atoms with Gasteiger partial charge in [-0.1, -0.05) is 69.0 Å². The Balaban J connectivity index is 1.77. The number of epoxide rings is 1. The third-order valence-electron chi connectivity index (χ3n) is 5.97. The van der Waals surface area contributed by atoms with Crippen LogP contribution < -0.4 is 10.6 Å². The van der Waals surface area contributed by atoms with Crippen LogP contribution in [0.25, 0.3) is 17.2 Å². The molecule has 2 aromatic rings. The van der Waals surface area contributed by atoms with E-state index in [1.807, 2.05) is 50.2 Å². The summed E-state index contributed by atoms with van der Waals surface area (Å²) in [6.45, 7) is 6.50. The number of benzene rings is 2. The fraction of sp³-hybridized carbons (Fsp3) is 0.370. The number of nitrogens with one attached hydrogen (secondary N) is 2. The second kappa shape index (κ2) is 11.4. The first-order valence-corrected chi connectivity index (χ1v) is 11.6. The van der Waals surface area contributed by atoms with Crippen LogP contribution in [-0.2, 0) is 14.3 Å². The highest BCUT2D eigenvalue weighted by Crippen LogP contribution is 2.30. The summed E-state index contributed by atoms with van der Waals surface area (Å²) in [6.07, 6.45) is 1.86. The molecular weight excluding hydrogens is 448 g/mol. The van der Waals surface area contributed by atoms with Gasteiger partial charge in [0.2, 0.25) is 5.91 Å². The van der Waals surface area contributed by atoms with Crippen molar-refractivity contribution < 1.29 is 29.3 Å². The summed E-state index contributed by atoms with van der Waals surface area (Å²) in [5, 5.41) is 24.6. The molecule has 3 unspecified atom stereocenters. The molecule has 8 nitrogen and oxygen atoms in total. The number of carbonyl (C=O) groups is 3. The van der Waals surface area contributed by atoms with E-state index in [0.717, 1.165) is 11.1 Å². The zero-order valence-electron chi connectivity index (χ0n) is 20.0. The molecule has 1 saturated heterocycles. The van der Waals surface area contributed by atoms with E-state index in [1.54, 1.807) is 18.2 Å². The zero-order valence-corrected chi connectivity index (χ0v) is 20.0. The number of carbonyl (C=O) groups excluding carboxylic acids is 3. The number of aliphatic hydroxyl groups excluding tert-OH is 2. The molecule has 3 atom stereocenters. The molecule has 0 spiro atoms. The van der Waals surface area contributed by atoms with Gasteiger partial charge in [-0.15, -0.1) is 0 Å². The van der Waals surface area contributed by atoms with E-state index in [4.69, 9.17) is 4.74 Å². The van der Waals surface area contributed by atoms with E-state index in [9.17, 15) is 24.6 Å². The van der Waals surface area contributed by atoms with Crippen molar-refractivity contribution in [1.29, 1.82) is 0 Å². The maximum atomic E-state index is 13.1. The molecule has 0 saturated carbocycles. The number of amides is 2. The van der Waals surface area contributed by atoms with Crippen molar-refractivity contribution in [3.05, 3.63) is 66.2 Å². The number of ketones is 1. The highest BCUT2D eigenvalue weighted by atomic mass is 16.6. The normalized spacial score (nSPS) is 18.4. The van der Waals surface area contributed by atoms with E-state index in [0.29, 0.717) is 17.5 Å². The third-order valence-corrected chi connectivity index (χ3v) is 5.97. The van der Waals surface area contributed by atoms with Crippen LogP contribution in [0.3, 0.4) is 0 Å². The van der Waals surface area contributed by atoms with Crippen molar-refractivity contribution in [2.45, 2.75) is 38.0 Å². The zero-order chi connectivity index (χ0) is 25.6. The lowest BCUT2D eigenvalue weighted by Crippen LogP contribution is -2.55. The fourth-order valence-electron chi connectivity index (χ4n) is 3.86. The molecule has 8 heteroatoms. The maximum Gasteiger partial charge on any atom is 0.252 e. The van der Waals surface area contributed by atoms with Crippen molar-refractivity contribution >= 4 is 23.7 Å². The van der Waals surface area contributed by atoms with Gasteiger partial charge in [-0.25, -0.2) is 0 Å². The maximum absolute atomic E-state index is 13.1. The lowest BCUT2D eigenvalue weighted by Gasteiger charge is -2.25. The first-order chi connectivity index (χ1) is 16.7. The Labute approximate surface area is 205 Å². The van der Waals surface area contributed by atoms with E-state index < -0.39 is 48.5 Å². The van der Waals surface area contributed by atoms with Crippen LogP contribution in [0.4, 0.5) is 0 Å². The molecule has 0 aliphatic carbocycles. The summed E-state index contributed by atoms with van der Waals surface area (Å²) < 4.78 is 5.15. The van der Waals surface area contributed by atoms with E-state index in [-0.39, 0.29) is 12.5 Å². The number of aliphatic hydroxyl groups is 2. The van der Waals surface area contributed by atoms with Crippen molar-refractivity contribution in [3.63, 3.8) is 0 Å². The monoisotopic (exact) mass is 480 g/mol. The van der Waals surface area contributed by atoms with Gasteiger partial charge in [0.15, 0.2) is 11.4 Å². The molecule has 0 bridgehead atoms. The number of Topliss-reactive ketones (excluding diaryl/α,β-unsaturated/α-hetero) is 1. The molecule has 1 heterocycles. The van der Waals surface area contributed by atoms with Crippen LogP contribution in [0.2, 0.25) is 0 Å². The van der Waals surface area contributed by atoms with Crippen LogP contribution in [0.15, 0.2) is 55.1 Å². The predicted octanol–water partition coefficient (Wildman–Crippen LogP) is 1.95. The minimum absolute atomic E-state index is 0.0665. The Morgan fingerprint density at radius 2 is 1.74 bits per heavy atom. The standard InChI is InChI=1S/C27H32N2O6/c1-4-18-10-11-20(19-8-6-5-7-9-19)13-21(18)25(33)29-23(14-30)26(34)28-22(12-17(2)3)24(32)27(15-31)16-35-27/h4-11,13,17,22-23,30-31H,1,12,14-16H2,2-3H3,(H,28,34)(H,29,33). The molecule has 1 aliphatic heterocycles. The van der Waals surface area contributed by atoms with Gasteiger partial charge in [-0.3, -0.25) is 14.4 Å². The average Bonchev–Trinajstić information content (AvgIpc) is 3.67. The molecule has 186 valence electrons. The molecule has 2 amide bonds. The molecule has 35 heavy (non-hydrogen) atoms. The highest BCUT2D eigenvalue weighted by Gasteiger charge is 2.54. The molecule has 0 radical (unpaired) electrons. The van der Waals surface area contributed by atoms with Gasteiger partial charge in [-0.2, -0.15) is 0 Å². The largest absolute Gasteiger partial charge is 0.394 e. The summed E-state index contributed by atoms with van der Waals surface area (Å²) >= 11 is 0. The highest BCUT2D eigenvalue weighted by molar-refractivity contribution is 6.02. The molecule has 2 aromatic carbocycles. The van der Waals surface area contributed by atoms with Gasteiger partial charge in [0.05, 0.1) is 25.9 Å². The third kappa shape index (κ3) is 6.22. The van der Waals surface area contributed by atoms with Gasteiger partial charge >= 0.3 is 0 Å². The number of rotatable bonds is 12. The Morgan fingerprint density at radius 3 is 2.29 bits per heavy atom. The summed E-state index contributed by atoms with van der Waals surface area (Å²) in [5.41, 5.74) is 1.31. The lowest BCUT2D eigenvalue weighted by molar-refractivity contribution is -0.133. The molecule has 0 aromatic heterocycles. The van der Waals surface area contributed by atoms with Gasteiger partial charge in [0, 0.05) is 5.56 Å².